The lowest BCUT2D eigenvalue weighted by molar-refractivity contribution is -0.138. The van der Waals surface area contributed by atoms with Crippen LogP contribution in [0.15, 0.2) is 27.0 Å². The average Bonchev–Trinajstić information content (AvgIpc) is 3.52. The monoisotopic (exact) mass is 497 g/mol. The first-order valence-electron chi connectivity index (χ1n) is 10.6. The minimum absolute atomic E-state index is 0.0263. The Kier molecular flexibility index (Phi) is 8.22. The molecule has 14 nitrogen and oxygen atoms in total. The fraction of sp³-hybridized carbons (Fsp3) is 0.526. The van der Waals surface area contributed by atoms with E-state index in [4.69, 9.17) is 9.36 Å². The Bertz CT molecular complexity index is 1110. The van der Waals surface area contributed by atoms with Crippen molar-refractivity contribution >= 4 is 33.6 Å². The number of amides is 1. The molecule has 0 saturated heterocycles. The van der Waals surface area contributed by atoms with Gasteiger partial charge in [0.1, 0.15) is 28.4 Å². The van der Waals surface area contributed by atoms with E-state index in [1.54, 1.807) is 12.4 Å². The maximum absolute atomic E-state index is 12.6. The number of aromatic nitrogens is 3. The fourth-order valence-corrected chi connectivity index (χ4v) is 4.88. The number of aliphatic carboxylic acids is 1. The largest absolute Gasteiger partial charge is 0.480 e. The first-order chi connectivity index (χ1) is 16.2. The number of imidazole rings is 1. The second-order valence-corrected chi connectivity index (χ2v) is 9.36. The Labute approximate surface area is 195 Å². The number of unbranched alkanes of at least 4 members (excludes halogenated alkanes) is 1. The standard InChI is InChI=1S/C19H27N7O7S/c1-11-16(12(2)32-24-11)34(30,31)26-15(18(28)29)10-23-17(27)14-9-13(33-25-14)5-3-4-6-20-19-21-7-8-22-19/h7-8,13,15,26H,3-6,9-10H2,1-2H3,(H,23,27)(H,28,29)(H2,20,21,22)/t13?,15-/m0/s1. The molecule has 2 aromatic heterocycles. The first kappa shape index (κ1) is 25.2. The Morgan fingerprint density at radius 1 is 1.32 bits per heavy atom. The summed E-state index contributed by atoms with van der Waals surface area (Å²) in [4.78, 5) is 36.0. The number of nitrogens with one attached hydrogen (secondary N) is 4. The van der Waals surface area contributed by atoms with Gasteiger partial charge in [-0.2, -0.15) is 4.72 Å². The van der Waals surface area contributed by atoms with Crippen molar-refractivity contribution in [2.45, 2.75) is 56.6 Å². The zero-order chi connectivity index (χ0) is 24.7. The van der Waals surface area contributed by atoms with Gasteiger partial charge in [-0.1, -0.05) is 10.3 Å². The van der Waals surface area contributed by atoms with Crippen LogP contribution in [0.2, 0.25) is 0 Å². The molecule has 1 unspecified atom stereocenters. The van der Waals surface area contributed by atoms with E-state index in [0.717, 1.165) is 19.4 Å². The lowest BCUT2D eigenvalue weighted by Crippen LogP contribution is -2.49. The molecule has 15 heteroatoms. The van der Waals surface area contributed by atoms with Crippen molar-refractivity contribution in [3.63, 3.8) is 0 Å². The predicted molar refractivity (Wildman–Crippen MR) is 119 cm³/mol. The van der Waals surface area contributed by atoms with Gasteiger partial charge in [-0.05, 0) is 33.1 Å². The van der Waals surface area contributed by atoms with Crippen LogP contribution in [-0.4, -0.2) is 71.5 Å². The predicted octanol–water partition coefficient (Wildman–Crippen LogP) is 0.290. The van der Waals surface area contributed by atoms with Crippen molar-refractivity contribution in [2.24, 2.45) is 5.16 Å². The Balaban J connectivity index is 1.42. The third-order valence-corrected chi connectivity index (χ3v) is 6.75. The van der Waals surface area contributed by atoms with E-state index in [9.17, 15) is 23.1 Å². The Hall–Kier alpha value is -3.46. The molecule has 1 aliphatic heterocycles. The van der Waals surface area contributed by atoms with E-state index in [1.807, 2.05) is 0 Å². The summed E-state index contributed by atoms with van der Waals surface area (Å²) in [5, 5.41) is 22.3. The van der Waals surface area contributed by atoms with Crippen LogP contribution in [-0.2, 0) is 24.4 Å². The molecule has 1 aliphatic rings. The highest BCUT2D eigenvalue weighted by Gasteiger charge is 2.32. The average molecular weight is 498 g/mol. The van der Waals surface area contributed by atoms with Gasteiger partial charge < -0.3 is 30.1 Å². The SMILES string of the molecule is Cc1noc(C)c1S(=O)(=O)N[C@@H](CNC(=O)C1=NOC(CCCCNc2ncc[nH]2)C1)C(=O)O. The number of hydrogen-bond donors (Lipinski definition) is 5. The second kappa shape index (κ2) is 11.1. The topological polar surface area (TPSA) is 201 Å². The van der Waals surface area contributed by atoms with Gasteiger partial charge in [0.25, 0.3) is 5.91 Å². The quantitative estimate of drug-likeness (QED) is 0.239. The maximum atomic E-state index is 12.6. The molecule has 0 aliphatic carbocycles. The van der Waals surface area contributed by atoms with Gasteiger partial charge in [0.05, 0.1) is 0 Å². The molecule has 0 spiro atoms. The maximum Gasteiger partial charge on any atom is 0.323 e. The van der Waals surface area contributed by atoms with E-state index in [2.05, 4.69) is 35.6 Å². The van der Waals surface area contributed by atoms with Crippen molar-refractivity contribution < 1.29 is 32.5 Å². The third-order valence-electron chi connectivity index (χ3n) is 5.04. The van der Waals surface area contributed by atoms with Crippen molar-refractivity contribution in [1.82, 2.24) is 25.2 Å². The van der Waals surface area contributed by atoms with Gasteiger partial charge in [-0.3, -0.25) is 9.59 Å². The van der Waals surface area contributed by atoms with Crippen LogP contribution in [0.3, 0.4) is 0 Å². The van der Waals surface area contributed by atoms with Crippen molar-refractivity contribution in [3.05, 3.63) is 23.8 Å². The smallest absolute Gasteiger partial charge is 0.323 e. The molecular formula is C19H27N7O7S. The minimum Gasteiger partial charge on any atom is -0.480 e. The van der Waals surface area contributed by atoms with Crippen LogP contribution in [0.4, 0.5) is 5.95 Å². The molecule has 0 fully saturated rings. The zero-order valence-electron chi connectivity index (χ0n) is 18.7. The van der Waals surface area contributed by atoms with Crippen LogP contribution in [0, 0.1) is 13.8 Å². The van der Waals surface area contributed by atoms with Crippen LogP contribution < -0.4 is 15.4 Å². The van der Waals surface area contributed by atoms with Crippen molar-refractivity contribution in [1.29, 1.82) is 0 Å². The minimum atomic E-state index is -4.23. The normalized spacial score (nSPS) is 16.5. The van der Waals surface area contributed by atoms with Gasteiger partial charge >= 0.3 is 5.97 Å². The molecule has 34 heavy (non-hydrogen) atoms. The number of carbonyl (C=O) groups is 2. The number of carbonyl (C=O) groups excluding carboxylic acids is 1. The van der Waals surface area contributed by atoms with E-state index in [1.165, 1.54) is 13.8 Å². The lowest BCUT2D eigenvalue weighted by Gasteiger charge is -2.15. The van der Waals surface area contributed by atoms with Gasteiger partial charge in [0.2, 0.25) is 10.0 Å². The molecule has 2 atom stereocenters. The molecule has 0 radical (unpaired) electrons. The number of aryl methyl sites for hydroxylation is 2. The molecule has 186 valence electrons. The molecular weight excluding hydrogens is 470 g/mol. The van der Waals surface area contributed by atoms with Gasteiger partial charge in [0, 0.05) is 31.9 Å². The summed E-state index contributed by atoms with van der Waals surface area (Å²) >= 11 is 0. The fourth-order valence-electron chi connectivity index (χ4n) is 3.36. The number of H-pyrrole nitrogens is 1. The van der Waals surface area contributed by atoms with E-state index < -0.39 is 34.5 Å². The van der Waals surface area contributed by atoms with Crippen LogP contribution in [0.5, 0.6) is 0 Å². The van der Waals surface area contributed by atoms with Gasteiger partial charge in [-0.15, -0.1) is 0 Å². The summed E-state index contributed by atoms with van der Waals surface area (Å²) in [5.41, 5.74) is 0.217. The summed E-state index contributed by atoms with van der Waals surface area (Å²) in [6, 6.07) is -1.61. The van der Waals surface area contributed by atoms with Gasteiger partial charge in [0.15, 0.2) is 11.7 Å². The number of carboxylic acids is 1. The molecule has 3 heterocycles. The number of carboxylic acid groups (broad SMARTS) is 1. The number of hydrogen-bond acceptors (Lipinski definition) is 10. The molecule has 5 N–H and O–H groups in total. The first-order valence-corrected chi connectivity index (χ1v) is 12.1. The second-order valence-electron chi connectivity index (χ2n) is 7.71. The number of nitrogens with zero attached hydrogens (tertiary/aromatic N) is 3. The highest BCUT2D eigenvalue weighted by Crippen LogP contribution is 2.19. The molecule has 0 bridgehead atoms. The summed E-state index contributed by atoms with van der Waals surface area (Å²) in [7, 11) is -4.23. The summed E-state index contributed by atoms with van der Waals surface area (Å²) in [6.45, 7) is 3.07. The third kappa shape index (κ3) is 6.54. The molecule has 3 rings (SSSR count). The van der Waals surface area contributed by atoms with Gasteiger partial charge in [-0.25, -0.2) is 13.4 Å². The molecule has 0 saturated carbocycles. The van der Waals surface area contributed by atoms with Crippen molar-refractivity contribution in [2.75, 3.05) is 18.4 Å². The number of anilines is 1. The summed E-state index contributed by atoms with van der Waals surface area (Å²) in [5.74, 6) is -1.35. The zero-order valence-corrected chi connectivity index (χ0v) is 19.5. The van der Waals surface area contributed by atoms with Crippen LogP contribution >= 0.6 is 0 Å². The van der Waals surface area contributed by atoms with Crippen LogP contribution in [0.25, 0.3) is 0 Å². The molecule has 2 aromatic rings. The highest BCUT2D eigenvalue weighted by atomic mass is 32.2. The summed E-state index contributed by atoms with van der Waals surface area (Å²) in [6.07, 6.45) is 5.81. The number of oxime groups is 1. The molecule has 0 aromatic carbocycles. The Morgan fingerprint density at radius 3 is 2.76 bits per heavy atom. The van der Waals surface area contributed by atoms with E-state index >= 15 is 0 Å². The Morgan fingerprint density at radius 2 is 2.12 bits per heavy atom. The lowest BCUT2D eigenvalue weighted by atomic mass is 10.1. The number of rotatable bonds is 13. The van der Waals surface area contributed by atoms with Crippen molar-refractivity contribution in [3.8, 4) is 0 Å². The van der Waals surface area contributed by atoms with E-state index in [0.29, 0.717) is 12.4 Å². The highest BCUT2D eigenvalue weighted by molar-refractivity contribution is 7.89. The van der Waals surface area contributed by atoms with Crippen LogP contribution in [0.1, 0.15) is 37.1 Å². The number of aromatic amines is 1. The van der Waals surface area contributed by atoms with E-state index in [-0.39, 0.29) is 34.6 Å². The number of sulfonamides is 1. The summed E-state index contributed by atoms with van der Waals surface area (Å²) < 4.78 is 32.0. The molecule has 1 amide bonds.